The molecule has 0 aromatic heterocycles. The maximum atomic E-state index is 11.2. The van der Waals surface area contributed by atoms with E-state index >= 15 is 0 Å². The minimum absolute atomic E-state index is 0.115. The van der Waals surface area contributed by atoms with E-state index in [9.17, 15) is 9.90 Å². The predicted molar refractivity (Wildman–Crippen MR) is 49.9 cm³/mol. The number of ether oxygens (including phenoxy) is 1. The van der Waals surface area contributed by atoms with Crippen molar-refractivity contribution in [2.24, 2.45) is 0 Å². The molecule has 0 aliphatic heterocycles. The summed E-state index contributed by atoms with van der Waals surface area (Å²) in [5.41, 5.74) is -0.343. The monoisotopic (exact) mass is 196 g/mol. The summed E-state index contributed by atoms with van der Waals surface area (Å²) in [7, 11) is 0. The van der Waals surface area contributed by atoms with Gasteiger partial charge in [-0.25, -0.2) is 4.79 Å². The van der Waals surface area contributed by atoms with Crippen LogP contribution in [-0.4, -0.2) is 23.4 Å². The molecule has 5 heteroatoms. The lowest BCUT2D eigenvalue weighted by Crippen LogP contribution is -2.15. The van der Waals surface area contributed by atoms with Crippen molar-refractivity contribution in [1.82, 2.24) is 0 Å². The molecule has 0 bridgehead atoms. The van der Waals surface area contributed by atoms with Gasteiger partial charge in [0.2, 0.25) is 0 Å². The number of esters is 1. The van der Waals surface area contributed by atoms with E-state index in [1.165, 1.54) is 6.92 Å². The Kier molecular flexibility index (Phi) is 5.00. The fraction of sp³-hybridized carbons (Fsp3) is 0.444. The molecule has 0 atom stereocenters. The number of rotatable bonds is 4. The van der Waals surface area contributed by atoms with Gasteiger partial charge >= 0.3 is 5.97 Å². The molecular weight excluding hydrogens is 184 g/mol. The first-order chi connectivity index (χ1) is 6.54. The number of nitrogens with one attached hydrogen (secondary N) is 1. The molecule has 0 aromatic carbocycles. The van der Waals surface area contributed by atoms with Crippen LogP contribution in [0.5, 0.6) is 0 Å². The van der Waals surface area contributed by atoms with E-state index in [0.717, 1.165) is 0 Å². The molecule has 14 heavy (non-hydrogen) atoms. The summed E-state index contributed by atoms with van der Waals surface area (Å²) < 4.78 is 4.63. The van der Waals surface area contributed by atoms with Gasteiger partial charge in [0.05, 0.1) is 19.1 Å². The molecule has 0 aliphatic carbocycles. The van der Waals surface area contributed by atoms with Crippen molar-refractivity contribution in [2.45, 2.75) is 20.3 Å². The van der Waals surface area contributed by atoms with Gasteiger partial charge in [-0.3, -0.25) is 0 Å². The van der Waals surface area contributed by atoms with Crippen LogP contribution in [0.15, 0.2) is 11.3 Å². The van der Waals surface area contributed by atoms with Crippen LogP contribution in [0.2, 0.25) is 0 Å². The lowest BCUT2D eigenvalue weighted by molar-refractivity contribution is -0.138. The maximum Gasteiger partial charge on any atom is 0.343 e. The number of nitrogens with zero attached hydrogens (tertiary/aromatic N) is 1. The third kappa shape index (κ3) is 3.27. The summed E-state index contributed by atoms with van der Waals surface area (Å²) in [6.45, 7) is 3.13. The second-order valence-corrected chi connectivity index (χ2v) is 2.50. The van der Waals surface area contributed by atoms with Crippen molar-refractivity contribution in [3.05, 3.63) is 11.3 Å². The number of allylic oxidation sites excluding steroid dienone is 1. The van der Waals surface area contributed by atoms with Gasteiger partial charge < -0.3 is 15.3 Å². The summed E-state index contributed by atoms with van der Waals surface area (Å²) in [4.78, 5) is 11.2. The SMILES string of the molecule is CCOC(=O)C(C(C)=N)=C(O)CC#N. The van der Waals surface area contributed by atoms with E-state index < -0.39 is 11.7 Å². The first-order valence-electron chi connectivity index (χ1n) is 4.06. The minimum atomic E-state index is -0.771. The van der Waals surface area contributed by atoms with E-state index in [1.54, 1.807) is 13.0 Å². The fourth-order valence-corrected chi connectivity index (χ4v) is 0.854. The molecule has 5 nitrogen and oxygen atoms in total. The molecule has 0 rings (SSSR count). The Hall–Kier alpha value is -1.83. The highest BCUT2D eigenvalue weighted by molar-refractivity contribution is 6.17. The Bertz CT molecular complexity index is 313. The summed E-state index contributed by atoms with van der Waals surface area (Å²) in [5, 5.41) is 24.8. The Morgan fingerprint density at radius 2 is 2.21 bits per heavy atom. The number of hydrogen-bond donors (Lipinski definition) is 2. The van der Waals surface area contributed by atoms with Crippen LogP contribution in [-0.2, 0) is 9.53 Å². The van der Waals surface area contributed by atoms with Gasteiger partial charge in [0.15, 0.2) is 0 Å². The molecule has 0 heterocycles. The zero-order chi connectivity index (χ0) is 11.1. The van der Waals surface area contributed by atoms with Crippen LogP contribution < -0.4 is 0 Å². The van der Waals surface area contributed by atoms with E-state index in [2.05, 4.69) is 4.74 Å². The number of hydrogen-bond acceptors (Lipinski definition) is 5. The Labute approximate surface area is 82.1 Å². The van der Waals surface area contributed by atoms with Crippen LogP contribution in [0.25, 0.3) is 0 Å². The van der Waals surface area contributed by atoms with Crippen LogP contribution in [0, 0.1) is 16.7 Å². The number of aliphatic hydroxyl groups excluding tert-OH is 1. The summed E-state index contributed by atoms with van der Waals surface area (Å²) in [6, 6.07) is 1.69. The largest absolute Gasteiger partial charge is 0.510 e. The highest BCUT2D eigenvalue weighted by Gasteiger charge is 2.18. The Morgan fingerprint density at radius 1 is 1.64 bits per heavy atom. The Morgan fingerprint density at radius 3 is 2.57 bits per heavy atom. The zero-order valence-electron chi connectivity index (χ0n) is 8.13. The van der Waals surface area contributed by atoms with Gasteiger partial charge in [-0.05, 0) is 13.8 Å². The molecule has 0 fully saturated rings. The molecule has 0 saturated heterocycles. The number of carbonyl (C=O) groups excluding carboxylic acids is 1. The summed E-state index contributed by atoms with van der Waals surface area (Å²) in [6.07, 6.45) is -0.301. The highest BCUT2D eigenvalue weighted by atomic mass is 16.5. The van der Waals surface area contributed by atoms with E-state index in [0.29, 0.717) is 0 Å². The van der Waals surface area contributed by atoms with Crippen LogP contribution >= 0.6 is 0 Å². The highest BCUT2D eigenvalue weighted by Crippen LogP contribution is 2.09. The van der Waals surface area contributed by atoms with Gasteiger partial charge in [0, 0.05) is 5.71 Å². The topological polar surface area (TPSA) is 94.2 Å². The molecule has 0 saturated carbocycles. The zero-order valence-corrected chi connectivity index (χ0v) is 8.13. The molecule has 0 spiro atoms. The number of carbonyl (C=O) groups is 1. The van der Waals surface area contributed by atoms with Gasteiger partial charge in [-0.1, -0.05) is 0 Å². The molecule has 76 valence electrons. The first-order valence-corrected chi connectivity index (χ1v) is 4.06. The minimum Gasteiger partial charge on any atom is -0.510 e. The van der Waals surface area contributed by atoms with Crippen molar-refractivity contribution in [3.63, 3.8) is 0 Å². The van der Waals surface area contributed by atoms with Gasteiger partial charge in [0.25, 0.3) is 0 Å². The molecular formula is C9H12N2O3. The number of nitriles is 1. The van der Waals surface area contributed by atoms with Crippen molar-refractivity contribution >= 4 is 11.7 Å². The van der Waals surface area contributed by atoms with E-state index in [1.807, 2.05) is 0 Å². The van der Waals surface area contributed by atoms with E-state index in [-0.39, 0.29) is 24.3 Å². The molecule has 0 aromatic rings. The third-order valence-electron chi connectivity index (χ3n) is 1.39. The number of aliphatic hydroxyl groups is 1. The van der Waals surface area contributed by atoms with Gasteiger partial charge in [-0.2, -0.15) is 5.26 Å². The van der Waals surface area contributed by atoms with Crippen LogP contribution in [0.3, 0.4) is 0 Å². The average molecular weight is 196 g/mol. The molecule has 0 aliphatic rings. The first kappa shape index (κ1) is 12.2. The average Bonchev–Trinajstić information content (AvgIpc) is 2.04. The lowest BCUT2D eigenvalue weighted by atomic mass is 10.1. The smallest absolute Gasteiger partial charge is 0.343 e. The second kappa shape index (κ2) is 5.75. The standard InChI is InChI=1S/C9H12N2O3/c1-3-14-9(13)8(6(2)11)7(12)4-5-10/h11-12H,3-4H2,1-2H3. The quantitative estimate of drug-likeness (QED) is 0.307. The van der Waals surface area contributed by atoms with Crippen molar-refractivity contribution in [2.75, 3.05) is 6.61 Å². The maximum absolute atomic E-state index is 11.2. The molecule has 0 radical (unpaired) electrons. The van der Waals surface area contributed by atoms with Crippen molar-refractivity contribution in [1.29, 1.82) is 10.7 Å². The summed E-state index contributed by atoms with van der Waals surface area (Å²) in [5.74, 6) is -1.19. The van der Waals surface area contributed by atoms with Crippen LogP contribution in [0.4, 0.5) is 0 Å². The second-order valence-electron chi connectivity index (χ2n) is 2.50. The molecule has 2 N–H and O–H groups in total. The molecule has 0 amide bonds. The van der Waals surface area contributed by atoms with Gasteiger partial charge in [-0.15, -0.1) is 0 Å². The van der Waals surface area contributed by atoms with Crippen LogP contribution in [0.1, 0.15) is 20.3 Å². The summed E-state index contributed by atoms with van der Waals surface area (Å²) >= 11 is 0. The Balaban J connectivity index is 4.95. The van der Waals surface area contributed by atoms with E-state index in [4.69, 9.17) is 10.7 Å². The molecule has 0 unspecified atom stereocenters. The van der Waals surface area contributed by atoms with Crippen molar-refractivity contribution in [3.8, 4) is 6.07 Å². The third-order valence-corrected chi connectivity index (χ3v) is 1.39. The van der Waals surface area contributed by atoms with Gasteiger partial charge in [0.1, 0.15) is 11.3 Å². The lowest BCUT2D eigenvalue weighted by Gasteiger charge is -2.06. The normalized spacial score (nSPS) is 11.2. The fourth-order valence-electron chi connectivity index (χ4n) is 0.854. The van der Waals surface area contributed by atoms with Crippen molar-refractivity contribution < 1.29 is 14.6 Å². The predicted octanol–water partition coefficient (Wildman–Crippen LogP) is 1.31.